The molecule has 0 unspecified atom stereocenters. The lowest BCUT2D eigenvalue weighted by Crippen LogP contribution is -2.05. The first-order chi connectivity index (χ1) is 9.20. The fourth-order valence-corrected chi connectivity index (χ4v) is 2.20. The van der Waals surface area contributed by atoms with Crippen LogP contribution in [0.3, 0.4) is 0 Å². The summed E-state index contributed by atoms with van der Waals surface area (Å²) in [7, 11) is 0. The van der Waals surface area contributed by atoms with Crippen molar-refractivity contribution >= 4 is 15.9 Å². The van der Waals surface area contributed by atoms with Crippen LogP contribution in [0.15, 0.2) is 36.5 Å². The average Bonchev–Trinajstić information content (AvgIpc) is 2.46. The number of rotatable bonds is 5. The van der Waals surface area contributed by atoms with Crippen LogP contribution < -0.4 is 0 Å². The average molecular weight is 327 g/mol. The minimum absolute atomic E-state index is 0.171. The number of halogens is 3. The van der Waals surface area contributed by atoms with E-state index in [0.29, 0.717) is 23.1 Å². The maximum absolute atomic E-state index is 12.8. The van der Waals surface area contributed by atoms with Gasteiger partial charge in [0.25, 0.3) is 6.43 Å². The number of benzene rings is 1. The quantitative estimate of drug-likeness (QED) is 0.773. The molecule has 0 saturated carbocycles. The smallest absolute Gasteiger partial charge is 0.241 e. The van der Waals surface area contributed by atoms with Crippen molar-refractivity contribution in [3.05, 3.63) is 59.2 Å². The molecule has 1 aromatic heterocycles. The van der Waals surface area contributed by atoms with E-state index in [9.17, 15) is 8.78 Å². The number of nitrogens with zero attached hydrogens (tertiary/aromatic N) is 2. The zero-order valence-corrected chi connectivity index (χ0v) is 11.8. The summed E-state index contributed by atoms with van der Waals surface area (Å²) < 4.78 is 25.7. The first-order valence-corrected chi connectivity index (χ1v) is 7.05. The van der Waals surface area contributed by atoms with Gasteiger partial charge in [-0.3, -0.25) is 0 Å². The molecule has 2 aromatic rings. The highest BCUT2D eigenvalue weighted by Crippen LogP contribution is 2.22. The molecular formula is C14H13BrF2N2. The summed E-state index contributed by atoms with van der Waals surface area (Å²) in [4.78, 5) is 8.10. The van der Waals surface area contributed by atoms with Crippen molar-refractivity contribution in [1.29, 1.82) is 0 Å². The predicted molar refractivity (Wildman–Crippen MR) is 73.5 cm³/mol. The van der Waals surface area contributed by atoms with E-state index in [2.05, 4.69) is 25.9 Å². The van der Waals surface area contributed by atoms with Crippen LogP contribution in [0.2, 0.25) is 0 Å². The second-order valence-corrected chi connectivity index (χ2v) is 4.68. The molecule has 0 atom stereocenters. The fourth-order valence-electron chi connectivity index (χ4n) is 1.77. The van der Waals surface area contributed by atoms with Gasteiger partial charge in [0.2, 0.25) is 0 Å². The molecular weight excluding hydrogens is 314 g/mol. The zero-order chi connectivity index (χ0) is 13.7. The molecule has 0 bridgehead atoms. The van der Waals surface area contributed by atoms with Crippen molar-refractivity contribution in [1.82, 2.24) is 9.97 Å². The molecule has 5 heteroatoms. The van der Waals surface area contributed by atoms with Crippen LogP contribution in [0.25, 0.3) is 0 Å². The van der Waals surface area contributed by atoms with Gasteiger partial charge in [-0.1, -0.05) is 46.3 Å². The Morgan fingerprint density at radius 2 is 1.84 bits per heavy atom. The SMILES string of the molecule is FC(F)c1nc(CCc2ccccc2)ncc1CBr. The van der Waals surface area contributed by atoms with E-state index in [1.165, 1.54) is 6.20 Å². The normalized spacial score (nSPS) is 10.9. The molecule has 0 spiro atoms. The monoisotopic (exact) mass is 326 g/mol. The highest BCUT2D eigenvalue weighted by atomic mass is 79.9. The van der Waals surface area contributed by atoms with E-state index in [1.54, 1.807) is 0 Å². The Kier molecular flexibility index (Phi) is 4.96. The standard InChI is InChI=1S/C14H13BrF2N2/c15-8-11-9-18-12(19-13(11)14(16)17)7-6-10-4-2-1-3-5-10/h1-5,9,14H,6-8H2. The topological polar surface area (TPSA) is 25.8 Å². The molecule has 0 aliphatic heterocycles. The second-order valence-electron chi connectivity index (χ2n) is 4.12. The van der Waals surface area contributed by atoms with E-state index >= 15 is 0 Å². The predicted octanol–water partition coefficient (Wildman–Crippen LogP) is 4.09. The van der Waals surface area contributed by atoms with Gasteiger partial charge >= 0.3 is 0 Å². The first kappa shape index (κ1) is 14.1. The van der Waals surface area contributed by atoms with E-state index in [1.807, 2.05) is 30.3 Å². The summed E-state index contributed by atoms with van der Waals surface area (Å²) in [6.07, 6.45) is 0.221. The maximum Gasteiger partial charge on any atom is 0.280 e. The summed E-state index contributed by atoms with van der Waals surface area (Å²) in [5.41, 5.74) is 1.42. The Balaban J connectivity index is 2.11. The Morgan fingerprint density at radius 1 is 1.11 bits per heavy atom. The van der Waals surface area contributed by atoms with E-state index in [4.69, 9.17) is 0 Å². The Morgan fingerprint density at radius 3 is 2.47 bits per heavy atom. The lowest BCUT2D eigenvalue weighted by atomic mass is 10.1. The molecule has 0 aliphatic rings. The Hall–Kier alpha value is -1.36. The van der Waals surface area contributed by atoms with Crippen LogP contribution in [-0.4, -0.2) is 9.97 Å². The van der Waals surface area contributed by atoms with E-state index in [-0.39, 0.29) is 5.69 Å². The highest BCUT2D eigenvalue weighted by molar-refractivity contribution is 9.08. The zero-order valence-electron chi connectivity index (χ0n) is 10.2. The van der Waals surface area contributed by atoms with Gasteiger partial charge in [0, 0.05) is 23.5 Å². The van der Waals surface area contributed by atoms with Gasteiger partial charge in [-0.2, -0.15) is 0 Å². The van der Waals surface area contributed by atoms with Gasteiger partial charge in [0.1, 0.15) is 11.5 Å². The summed E-state index contributed by atoms with van der Waals surface area (Å²) >= 11 is 3.16. The van der Waals surface area contributed by atoms with E-state index < -0.39 is 6.43 Å². The molecule has 0 saturated heterocycles. The van der Waals surface area contributed by atoms with Crippen molar-refractivity contribution < 1.29 is 8.78 Å². The number of hydrogen-bond donors (Lipinski definition) is 0. The molecule has 0 fully saturated rings. The van der Waals surface area contributed by atoms with Crippen LogP contribution in [0.4, 0.5) is 8.78 Å². The fraction of sp³-hybridized carbons (Fsp3) is 0.286. The molecule has 19 heavy (non-hydrogen) atoms. The molecule has 2 rings (SSSR count). The van der Waals surface area contributed by atoms with Gasteiger partial charge in [0.15, 0.2) is 0 Å². The molecule has 1 heterocycles. The van der Waals surface area contributed by atoms with Gasteiger partial charge in [0.05, 0.1) is 0 Å². The summed E-state index contributed by atoms with van der Waals surface area (Å²) in [6.45, 7) is 0. The van der Waals surface area contributed by atoms with Gasteiger partial charge in [-0.05, 0) is 12.0 Å². The van der Waals surface area contributed by atoms with Gasteiger partial charge < -0.3 is 0 Å². The third-order valence-electron chi connectivity index (χ3n) is 2.78. The lowest BCUT2D eigenvalue weighted by Gasteiger charge is -2.07. The summed E-state index contributed by atoms with van der Waals surface area (Å²) in [6, 6.07) is 9.85. The first-order valence-electron chi connectivity index (χ1n) is 5.93. The number of hydrogen-bond acceptors (Lipinski definition) is 2. The number of alkyl halides is 3. The second kappa shape index (κ2) is 6.70. The van der Waals surface area contributed by atoms with Crippen molar-refractivity contribution in [2.24, 2.45) is 0 Å². The Labute approximate surface area is 119 Å². The van der Waals surface area contributed by atoms with Gasteiger partial charge in [-0.25, -0.2) is 18.7 Å². The van der Waals surface area contributed by atoms with Crippen LogP contribution in [0.1, 0.15) is 29.1 Å². The largest absolute Gasteiger partial charge is 0.280 e. The molecule has 0 amide bonds. The van der Waals surface area contributed by atoms with Crippen LogP contribution >= 0.6 is 15.9 Å². The van der Waals surface area contributed by atoms with Crippen LogP contribution in [0, 0.1) is 0 Å². The lowest BCUT2D eigenvalue weighted by molar-refractivity contribution is 0.144. The molecule has 0 radical (unpaired) electrons. The molecule has 2 nitrogen and oxygen atoms in total. The van der Waals surface area contributed by atoms with Gasteiger partial charge in [-0.15, -0.1) is 0 Å². The minimum atomic E-state index is -2.56. The van der Waals surface area contributed by atoms with Crippen molar-refractivity contribution in [2.45, 2.75) is 24.6 Å². The number of aromatic nitrogens is 2. The summed E-state index contributed by atoms with van der Waals surface area (Å²) in [5.74, 6) is 0.462. The number of aryl methyl sites for hydroxylation is 2. The highest BCUT2D eigenvalue weighted by Gasteiger charge is 2.15. The summed E-state index contributed by atoms with van der Waals surface area (Å²) in [5, 5.41) is 0.339. The van der Waals surface area contributed by atoms with Crippen molar-refractivity contribution in [2.75, 3.05) is 0 Å². The minimum Gasteiger partial charge on any atom is -0.241 e. The molecule has 1 aromatic carbocycles. The van der Waals surface area contributed by atoms with Crippen LogP contribution in [0.5, 0.6) is 0 Å². The maximum atomic E-state index is 12.8. The molecule has 0 N–H and O–H groups in total. The Bertz CT molecular complexity index is 532. The van der Waals surface area contributed by atoms with E-state index in [0.717, 1.165) is 12.0 Å². The van der Waals surface area contributed by atoms with Crippen molar-refractivity contribution in [3.8, 4) is 0 Å². The van der Waals surface area contributed by atoms with Crippen LogP contribution in [-0.2, 0) is 18.2 Å². The third-order valence-corrected chi connectivity index (χ3v) is 3.38. The molecule has 100 valence electrons. The van der Waals surface area contributed by atoms with Crippen molar-refractivity contribution in [3.63, 3.8) is 0 Å². The molecule has 0 aliphatic carbocycles. The third kappa shape index (κ3) is 3.80.